The summed E-state index contributed by atoms with van der Waals surface area (Å²) in [4.78, 5) is 17.7. The molecule has 1 aromatic rings. The maximum atomic E-state index is 12.4. The minimum Gasteiger partial charge on any atom is -0.364 e. The summed E-state index contributed by atoms with van der Waals surface area (Å²) in [7, 11) is 0. The monoisotopic (exact) mass is 234 g/mol. The topological polar surface area (TPSA) is 36.1 Å². The Kier molecular flexibility index (Phi) is 3.87. The van der Waals surface area contributed by atoms with E-state index < -0.39 is 0 Å². The van der Waals surface area contributed by atoms with Crippen LogP contribution >= 0.6 is 0 Å². The molecular formula is C14H22N2O. The zero-order chi connectivity index (χ0) is 12.3. The molecule has 3 heteroatoms. The first-order valence-electron chi connectivity index (χ1n) is 6.70. The van der Waals surface area contributed by atoms with E-state index in [-0.39, 0.29) is 5.91 Å². The average Bonchev–Trinajstić information content (AvgIpc) is 2.60. The Bertz CT molecular complexity index is 395. The molecule has 1 aliphatic heterocycles. The Morgan fingerprint density at radius 1 is 1.41 bits per heavy atom. The molecule has 0 saturated heterocycles. The van der Waals surface area contributed by atoms with Gasteiger partial charge in [0.2, 0.25) is 0 Å². The van der Waals surface area contributed by atoms with Gasteiger partial charge in [-0.05, 0) is 31.7 Å². The summed E-state index contributed by atoms with van der Waals surface area (Å²) in [5.74, 6) is 0.229. The van der Waals surface area contributed by atoms with Crippen LogP contribution in [0.1, 0.15) is 54.2 Å². The van der Waals surface area contributed by atoms with Gasteiger partial charge in [-0.25, -0.2) is 0 Å². The number of aromatic nitrogens is 1. The third kappa shape index (κ3) is 2.54. The van der Waals surface area contributed by atoms with Crippen molar-refractivity contribution in [1.29, 1.82) is 0 Å². The Hall–Kier alpha value is -1.25. The first-order valence-corrected chi connectivity index (χ1v) is 6.70. The Morgan fingerprint density at radius 2 is 2.24 bits per heavy atom. The number of aryl methyl sites for hydroxylation is 2. The molecule has 3 nitrogen and oxygen atoms in total. The fourth-order valence-electron chi connectivity index (χ4n) is 2.54. The molecule has 17 heavy (non-hydrogen) atoms. The van der Waals surface area contributed by atoms with Crippen molar-refractivity contribution < 1.29 is 4.79 Å². The number of carbonyl (C=O) groups is 1. The van der Waals surface area contributed by atoms with E-state index in [1.165, 1.54) is 12.8 Å². The second-order valence-electron chi connectivity index (χ2n) is 4.93. The van der Waals surface area contributed by atoms with Crippen molar-refractivity contribution in [2.24, 2.45) is 0 Å². The van der Waals surface area contributed by atoms with Gasteiger partial charge in [-0.3, -0.25) is 4.79 Å². The normalized spacial score (nSPS) is 15.9. The molecular weight excluding hydrogens is 212 g/mol. The van der Waals surface area contributed by atoms with Crippen molar-refractivity contribution in [3.05, 3.63) is 23.0 Å². The molecule has 94 valence electrons. The Morgan fingerprint density at radius 3 is 3.00 bits per heavy atom. The molecule has 0 unspecified atom stereocenters. The molecule has 0 radical (unpaired) electrons. The predicted octanol–water partition coefficient (Wildman–Crippen LogP) is 2.90. The van der Waals surface area contributed by atoms with Crippen molar-refractivity contribution in [2.75, 3.05) is 13.1 Å². The van der Waals surface area contributed by atoms with Crippen LogP contribution in [0, 0.1) is 6.92 Å². The third-order valence-electron chi connectivity index (χ3n) is 3.55. The van der Waals surface area contributed by atoms with Crippen LogP contribution in [0.5, 0.6) is 0 Å². The first-order chi connectivity index (χ1) is 8.24. The Balaban J connectivity index is 2.11. The van der Waals surface area contributed by atoms with Crippen LogP contribution in [0.3, 0.4) is 0 Å². The maximum Gasteiger partial charge on any atom is 0.255 e. The van der Waals surface area contributed by atoms with Crippen LogP contribution in [0.15, 0.2) is 6.20 Å². The zero-order valence-electron chi connectivity index (χ0n) is 10.9. The van der Waals surface area contributed by atoms with Gasteiger partial charge < -0.3 is 9.88 Å². The second kappa shape index (κ2) is 5.39. The smallest absolute Gasteiger partial charge is 0.255 e. The van der Waals surface area contributed by atoms with Crippen LogP contribution in [0.25, 0.3) is 0 Å². The van der Waals surface area contributed by atoms with Crippen LogP contribution in [0.2, 0.25) is 0 Å². The third-order valence-corrected chi connectivity index (χ3v) is 3.55. The van der Waals surface area contributed by atoms with Crippen LogP contribution < -0.4 is 0 Å². The number of nitrogens with one attached hydrogen (secondary N) is 1. The van der Waals surface area contributed by atoms with Gasteiger partial charge in [0.25, 0.3) is 5.91 Å². The summed E-state index contributed by atoms with van der Waals surface area (Å²) < 4.78 is 0. The maximum absolute atomic E-state index is 12.4. The SMILES string of the molecule is CCCCCN1CCCc2[nH]cc(C)c2C1=O. The van der Waals surface area contributed by atoms with E-state index in [0.29, 0.717) is 0 Å². The van der Waals surface area contributed by atoms with Gasteiger partial charge in [0, 0.05) is 25.0 Å². The van der Waals surface area contributed by atoms with Gasteiger partial charge in [-0.2, -0.15) is 0 Å². The van der Waals surface area contributed by atoms with E-state index >= 15 is 0 Å². The highest BCUT2D eigenvalue weighted by Crippen LogP contribution is 2.21. The molecule has 0 atom stereocenters. The van der Waals surface area contributed by atoms with E-state index in [1.54, 1.807) is 0 Å². The number of H-pyrrole nitrogens is 1. The summed E-state index contributed by atoms with van der Waals surface area (Å²) in [6.45, 7) is 6.03. The largest absolute Gasteiger partial charge is 0.364 e. The number of carbonyl (C=O) groups excluding carboxylic acids is 1. The van der Waals surface area contributed by atoms with Crippen molar-refractivity contribution in [1.82, 2.24) is 9.88 Å². The Labute approximate surface area is 103 Å². The van der Waals surface area contributed by atoms with Crippen molar-refractivity contribution in [2.45, 2.75) is 46.0 Å². The van der Waals surface area contributed by atoms with E-state index in [0.717, 1.165) is 49.2 Å². The van der Waals surface area contributed by atoms with Gasteiger partial charge >= 0.3 is 0 Å². The molecule has 0 aliphatic carbocycles. The lowest BCUT2D eigenvalue weighted by atomic mass is 10.1. The summed E-state index contributed by atoms with van der Waals surface area (Å²) in [5.41, 5.74) is 3.15. The quantitative estimate of drug-likeness (QED) is 0.799. The molecule has 1 aliphatic rings. The first kappa shape index (κ1) is 12.2. The van der Waals surface area contributed by atoms with E-state index in [2.05, 4.69) is 11.9 Å². The van der Waals surface area contributed by atoms with Crippen molar-refractivity contribution >= 4 is 5.91 Å². The standard InChI is InChI=1S/C14H22N2O/c1-3-4-5-8-16-9-6-7-12-13(14(16)17)11(2)10-15-12/h10,15H,3-9H2,1-2H3. The summed E-state index contributed by atoms with van der Waals surface area (Å²) >= 11 is 0. The highest BCUT2D eigenvalue weighted by Gasteiger charge is 2.24. The molecule has 0 spiro atoms. The fourth-order valence-corrected chi connectivity index (χ4v) is 2.54. The minimum atomic E-state index is 0.229. The minimum absolute atomic E-state index is 0.229. The van der Waals surface area contributed by atoms with Crippen LogP contribution in [0.4, 0.5) is 0 Å². The van der Waals surface area contributed by atoms with Crippen molar-refractivity contribution in [3.8, 4) is 0 Å². The summed E-state index contributed by atoms with van der Waals surface area (Å²) in [6.07, 6.45) is 7.57. The molecule has 0 fully saturated rings. The average molecular weight is 234 g/mol. The molecule has 1 aromatic heterocycles. The number of amides is 1. The van der Waals surface area contributed by atoms with E-state index in [4.69, 9.17) is 0 Å². The number of nitrogens with zero attached hydrogens (tertiary/aromatic N) is 1. The lowest BCUT2D eigenvalue weighted by molar-refractivity contribution is 0.0757. The zero-order valence-corrected chi connectivity index (χ0v) is 10.9. The number of rotatable bonds is 4. The fraction of sp³-hybridized carbons (Fsp3) is 0.643. The van der Waals surface area contributed by atoms with Crippen molar-refractivity contribution in [3.63, 3.8) is 0 Å². The summed E-state index contributed by atoms with van der Waals surface area (Å²) in [6, 6.07) is 0. The van der Waals surface area contributed by atoms with Gasteiger partial charge in [0.05, 0.1) is 5.56 Å². The highest BCUT2D eigenvalue weighted by atomic mass is 16.2. The lowest BCUT2D eigenvalue weighted by Crippen LogP contribution is -2.32. The van der Waals surface area contributed by atoms with Gasteiger partial charge in [0.15, 0.2) is 0 Å². The van der Waals surface area contributed by atoms with E-state index in [9.17, 15) is 4.79 Å². The highest BCUT2D eigenvalue weighted by molar-refractivity contribution is 5.97. The molecule has 0 aromatic carbocycles. The molecule has 0 bridgehead atoms. The number of fused-ring (bicyclic) bond motifs is 1. The molecule has 2 rings (SSSR count). The van der Waals surface area contributed by atoms with Gasteiger partial charge in [0.1, 0.15) is 0 Å². The molecule has 2 heterocycles. The number of aromatic amines is 1. The van der Waals surface area contributed by atoms with Crippen LogP contribution in [-0.4, -0.2) is 28.9 Å². The number of unbranched alkanes of at least 4 members (excludes halogenated alkanes) is 2. The second-order valence-corrected chi connectivity index (χ2v) is 4.93. The predicted molar refractivity (Wildman–Crippen MR) is 69.3 cm³/mol. The lowest BCUT2D eigenvalue weighted by Gasteiger charge is -2.20. The molecule has 1 N–H and O–H groups in total. The number of hydrogen-bond donors (Lipinski definition) is 1. The van der Waals surface area contributed by atoms with Gasteiger partial charge in [-0.15, -0.1) is 0 Å². The van der Waals surface area contributed by atoms with Gasteiger partial charge in [-0.1, -0.05) is 19.8 Å². The molecule has 0 saturated carbocycles. The van der Waals surface area contributed by atoms with Crippen LogP contribution in [-0.2, 0) is 6.42 Å². The summed E-state index contributed by atoms with van der Waals surface area (Å²) in [5, 5.41) is 0. The van der Waals surface area contributed by atoms with E-state index in [1.807, 2.05) is 18.0 Å². The molecule has 1 amide bonds. The number of hydrogen-bond acceptors (Lipinski definition) is 1.